The second kappa shape index (κ2) is 10.8. The van der Waals surface area contributed by atoms with Crippen LogP contribution in [0.25, 0.3) is 0 Å². The van der Waals surface area contributed by atoms with Crippen LogP contribution in [0, 0.1) is 17.2 Å². The van der Waals surface area contributed by atoms with Crippen molar-refractivity contribution in [2.24, 2.45) is 11.8 Å². The van der Waals surface area contributed by atoms with Crippen LogP contribution in [0.3, 0.4) is 0 Å². The summed E-state index contributed by atoms with van der Waals surface area (Å²) in [5.41, 5.74) is 0.357. The summed E-state index contributed by atoms with van der Waals surface area (Å²) < 4.78 is 37.8. The van der Waals surface area contributed by atoms with E-state index < -0.39 is 12.1 Å². The highest BCUT2D eigenvalue weighted by molar-refractivity contribution is 5.99. The number of rotatable bonds is 6. The third-order valence-electron chi connectivity index (χ3n) is 7.41. The van der Waals surface area contributed by atoms with Crippen LogP contribution < -0.4 is 15.4 Å². The van der Waals surface area contributed by atoms with E-state index in [9.17, 15) is 22.8 Å². The second-order valence-corrected chi connectivity index (χ2v) is 10.7. The van der Waals surface area contributed by atoms with Crippen molar-refractivity contribution in [2.45, 2.75) is 83.2 Å². The number of fused-ring (bicyclic) bond motifs is 1. The summed E-state index contributed by atoms with van der Waals surface area (Å²) in [7, 11) is 0. The van der Waals surface area contributed by atoms with Gasteiger partial charge >= 0.3 is 12.1 Å². The molecule has 0 radical (unpaired) electrons. The maximum atomic E-state index is 13.0. The van der Waals surface area contributed by atoms with Gasteiger partial charge in [-0.2, -0.15) is 13.2 Å². The number of para-hydroxylation sites is 1. The number of aliphatic carboxylic acids is 1. The van der Waals surface area contributed by atoms with Gasteiger partial charge in [-0.3, -0.25) is 19.9 Å². The molecule has 1 aromatic rings. The van der Waals surface area contributed by atoms with Crippen LogP contribution in [0.5, 0.6) is 5.75 Å². The average molecular weight is 541 g/mol. The van der Waals surface area contributed by atoms with Crippen molar-refractivity contribution in [1.82, 2.24) is 15.5 Å². The summed E-state index contributed by atoms with van der Waals surface area (Å²) in [5.74, 6) is -1.75. The van der Waals surface area contributed by atoms with Crippen LogP contribution in [0.4, 0.5) is 13.2 Å². The van der Waals surface area contributed by atoms with Crippen LogP contribution in [-0.4, -0.2) is 57.6 Å². The van der Waals surface area contributed by atoms with E-state index in [2.05, 4.69) is 10.6 Å². The van der Waals surface area contributed by atoms with E-state index >= 15 is 0 Å². The van der Waals surface area contributed by atoms with Gasteiger partial charge in [0.1, 0.15) is 11.4 Å². The molecular formula is C26H35F3N4O5. The molecule has 2 fully saturated rings. The number of hydrogen-bond acceptors (Lipinski definition) is 5. The van der Waals surface area contributed by atoms with Crippen LogP contribution in [-0.2, 0) is 14.4 Å². The highest BCUT2D eigenvalue weighted by Crippen LogP contribution is 2.43. The largest absolute Gasteiger partial charge is 0.490 e. The molecule has 38 heavy (non-hydrogen) atoms. The van der Waals surface area contributed by atoms with E-state index in [1.54, 1.807) is 0 Å². The maximum absolute atomic E-state index is 13.0. The summed E-state index contributed by atoms with van der Waals surface area (Å²) in [6, 6.07) is 7.78. The van der Waals surface area contributed by atoms with Gasteiger partial charge in [0.25, 0.3) is 0 Å². The SMILES string of the molecule is CCC1(CC)CC(=O)N(C[C@@H]2C[C@H]2C(=O)N[C@H]2CC(C)(C)Oc3ccccc32)C(=N)N1.O=C(O)C(F)(F)F. The number of alkyl halides is 3. The minimum Gasteiger partial charge on any atom is -0.487 e. The Morgan fingerprint density at radius 2 is 1.84 bits per heavy atom. The number of carboxylic acid groups (broad SMARTS) is 1. The van der Waals surface area contributed by atoms with E-state index in [1.165, 1.54) is 4.90 Å². The Morgan fingerprint density at radius 1 is 1.24 bits per heavy atom. The van der Waals surface area contributed by atoms with E-state index in [1.807, 2.05) is 52.0 Å². The van der Waals surface area contributed by atoms with Crippen molar-refractivity contribution in [2.75, 3.05) is 6.54 Å². The van der Waals surface area contributed by atoms with Gasteiger partial charge < -0.3 is 20.5 Å². The fourth-order valence-corrected chi connectivity index (χ4v) is 4.96. The van der Waals surface area contributed by atoms with Crippen LogP contribution >= 0.6 is 0 Å². The number of carboxylic acids is 1. The zero-order valence-corrected chi connectivity index (χ0v) is 21.9. The molecule has 4 N–H and O–H groups in total. The topological polar surface area (TPSA) is 132 Å². The lowest BCUT2D eigenvalue weighted by Gasteiger charge is -2.42. The monoisotopic (exact) mass is 540 g/mol. The molecule has 4 rings (SSSR count). The van der Waals surface area contributed by atoms with E-state index in [4.69, 9.17) is 20.0 Å². The van der Waals surface area contributed by atoms with Crippen molar-refractivity contribution in [1.29, 1.82) is 5.41 Å². The molecule has 1 aliphatic carbocycles. The molecule has 2 aliphatic heterocycles. The molecule has 2 heterocycles. The summed E-state index contributed by atoms with van der Waals surface area (Å²) >= 11 is 0. The van der Waals surface area contributed by atoms with Gasteiger partial charge in [0, 0.05) is 30.0 Å². The molecule has 210 valence electrons. The number of benzene rings is 1. The van der Waals surface area contributed by atoms with Crippen molar-refractivity contribution in [3.63, 3.8) is 0 Å². The zero-order valence-electron chi connectivity index (χ0n) is 21.9. The van der Waals surface area contributed by atoms with Crippen molar-refractivity contribution < 1.29 is 37.4 Å². The molecule has 0 unspecified atom stereocenters. The molecule has 0 spiro atoms. The lowest BCUT2D eigenvalue weighted by Crippen LogP contribution is -2.62. The highest BCUT2D eigenvalue weighted by Gasteiger charge is 2.48. The van der Waals surface area contributed by atoms with Gasteiger partial charge in [-0.15, -0.1) is 0 Å². The number of amides is 2. The third-order valence-corrected chi connectivity index (χ3v) is 7.41. The molecule has 0 aromatic heterocycles. The molecule has 0 bridgehead atoms. The first-order valence-electron chi connectivity index (χ1n) is 12.7. The van der Waals surface area contributed by atoms with E-state index in [0.29, 0.717) is 19.4 Å². The predicted molar refractivity (Wildman–Crippen MR) is 132 cm³/mol. The Hall–Kier alpha value is -3.31. The standard InChI is InChI=1S/C24H34N4O3.C2HF3O2/c1-5-24(6-2)13-20(29)28(22(25)27-24)14-15-11-17(15)21(30)26-18-12-23(3,4)31-19-10-8-7-9-16(18)19;3-2(4,5)1(6)7/h7-10,15,17-18H,5-6,11-14H2,1-4H3,(H2,25,27)(H,26,30);(H,6,7)/t15-,17+,18-;/m0./s1. The molecule has 1 aromatic carbocycles. The van der Waals surface area contributed by atoms with Gasteiger partial charge in [-0.05, 0) is 45.1 Å². The minimum atomic E-state index is -5.08. The number of nitrogens with zero attached hydrogens (tertiary/aromatic N) is 1. The first kappa shape index (κ1) is 29.2. The average Bonchev–Trinajstić information content (AvgIpc) is 3.60. The van der Waals surface area contributed by atoms with Gasteiger partial charge in [-0.25, -0.2) is 4.79 Å². The lowest BCUT2D eigenvalue weighted by molar-refractivity contribution is -0.192. The Kier molecular flexibility index (Phi) is 8.33. The van der Waals surface area contributed by atoms with Crippen molar-refractivity contribution >= 4 is 23.7 Å². The van der Waals surface area contributed by atoms with Crippen molar-refractivity contribution in [3.8, 4) is 5.75 Å². The molecule has 1 saturated carbocycles. The van der Waals surface area contributed by atoms with E-state index in [-0.39, 0.29) is 46.8 Å². The number of halogens is 3. The third kappa shape index (κ3) is 6.76. The fraction of sp³-hybridized carbons (Fsp3) is 0.615. The maximum Gasteiger partial charge on any atom is 0.490 e. The lowest BCUT2D eigenvalue weighted by atomic mass is 9.87. The summed E-state index contributed by atoms with van der Waals surface area (Å²) in [6.45, 7) is 8.60. The Morgan fingerprint density at radius 3 is 2.39 bits per heavy atom. The summed E-state index contributed by atoms with van der Waals surface area (Å²) in [4.78, 5) is 36.1. The Labute approximate surface area is 219 Å². The number of guanidine groups is 1. The number of carbonyl (C=O) groups is 3. The summed E-state index contributed by atoms with van der Waals surface area (Å²) in [6.07, 6.45) is -1.60. The van der Waals surface area contributed by atoms with Crippen LogP contribution in [0.1, 0.15) is 71.4 Å². The molecule has 1 saturated heterocycles. The van der Waals surface area contributed by atoms with Crippen LogP contribution in [0.2, 0.25) is 0 Å². The minimum absolute atomic E-state index is 0.0152. The highest BCUT2D eigenvalue weighted by atomic mass is 19.4. The summed E-state index contributed by atoms with van der Waals surface area (Å²) in [5, 5.41) is 21.9. The quantitative estimate of drug-likeness (QED) is 0.432. The van der Waals surface area contributed by atoms with Crippen LogP contribution in [0.15, 0.2) is 24.3 Å². The molecule has 2 amide bonds. The molecule has 12 heteroatoms. The van der Waals surface area contributed by atoms with Crippen molar-refractivity contribution in [3.05, 3.63) is 29.8 Å². The van der Waals surface area contributed by atoms with Gasteiger partial charge in [0.2, 0.25) is 11.8 Å². The Balaban J connectivity index is 0.000000505. The predicted octanol–water partition coefficient (Wildman–Crippen LogP) is 3.99. The zero-order chi connectivity index (χ0) is 28.5. The number of ether oxygens (including phenoxy) is 1. The van der Waals surface area contributed by atoms with Gasteiger partial charge in [0.15, 0.2) is 5.96 Å². The molecule has 3 aliphatic rings. The second-order valence-electron chi connectivity index (χ2n) is 10.7. The Bertz CT molecular complexity index is 1070. The van der Waals surface area contributed by atoms with E-state index in [0.717, 1.165) is 30.6 Å². The van der Waals surface area contributed by atoms with Gasteiger partial charge in [0.05, 0.1) is 12.5 Å². The number of nitrogens with one attached hydrogen (secondary N) is 3. The first-order valence-corrected chi connectivity index (χ1v) is 12.7. The normalized spacial score (nSPS) is 25.1. The molecular weight excluding hydrogens is 505 g/mol. The van der Waals surface area contributed by atoms with Gasteiger partial charge in [-0.1, -0.05) is 32.0 Å². The molecule has 3 atom stereocenters. The molecule has 9 nitrogen and oxygen atoms in total. The fourth-order valence-electron chi connectivity index (χ4n) is 4.96. The number of carbonyl (C=O) groups excluding carboxylic acids is 2. The first-order chi connectivity index (χ1) is 17.6. The smallest absolute Gasteiger partial charge is 0.487 e. The number of hydrogen-bond donors (Lipinski definition) is 4.